The van der Waals surface area contributed by atoms with Crippen LogP contribution in [-0.4, -0.2) is 31.8 Å². The lowest BCUT2D eigenvalue weighted by atomic mass is 10.3. The smallest absolute Gasteiger partial charge is 0.331 e. The van der Waals surface area contributed by atoms with E-state index in [1.54, 1.807) is 24.9 Å². The SMILES string of the molecule is CCOC(=O)/C=C/C(=O)OCCO/C=C/C(C)=C/Sc1ccccc1. The molecule has 0 heterocycles. The van der Waals surface area contributed by atoms with Gasteiger partial charge in [0.2, 0.25) is 0 Å². The van der Waals surface area contributed by atoms with E-state index in [1.807, 2.05) is 48.7 Å². The van der Waals surface area contributed by atoms with Crippen molar-refractivity contribution >= 4 is 23.7 Å². The third-order valence-electron chi connectivity index (χ3n) is 2.64. The lowest BCUT2D eigenvalue weighted by Gasteiger charge is -2.02. The van der Waals surface area contributed by atoms with Crippen LogP contribution in [0, 0.1) is 0 Å². The maximum atomic E-state index is 11.3. The van der Waals surface area contributed by atoms with E-state index in [2.05, 4.69) is 4.74 Å². The van der Waals surface area contributed by atoms with Crippen LogP contribution in [0.15, 0.2) is 70.7 Å². The fourth-order valence-electron chi connectivity index (χ4n) is 1.49. The third kappa shape index (κ3) is 10.8. The Hall–Kier alpha value is -2.47. The second kappa shape index (κ2) is 12.9. The minimum Gasteiger partial charge on any atom is -0.498 e. The number of rotatable bonds is 10. The molecule has 0 aliphatic heterocycles. The van der Waals surface area contributed by atoms with Gasteiger partial charge in [-0.25, -0.2) is 9.59 Å². The molecule has 0 N–H and O–H groups in total. The molecule has 0 atom stereocenters. The molecule has 134 valence electrons. The summed E-state index contributed by atoms with van der Waals surface area (Å²) < 4.78 is 14.8. The Morgan fingerprint density at radius 1 is 1.00 bits per heavy atom. The number of hydrogen-bond acceptors (Lipinski definition) is 6. The van der Waals surface area contributed by atoms with E-state index in [1.165, 1.54) is 4.90 Å². The van der Waals surface area contributed by atoms with Crippen molar-refractivity contribution in [1.82, 2.24) is 0 Å². The maximum Gasteiger partial charge on any atom is 0.331 e. The number of benzene rings is 1. The number of ether oxygens (including phenoxy) is 3. The summed E-state index contributed by atoms with van der Waals surface area (Å²) in [5.74, 6) is -1.19. The first-order chi connectivity index (χ1) is 12.1. The van der Waals surface area contributed by atoms with Crippen molar-refractivity contribution in [2.45, 2.75) is 18.7 Å². The Kier molecular flexibility index (Phi) is 10.6. The van der Waals surface area contributed by atoms with Crippen molar-refractivity contribution in [3.05, 3.63) is 65.8 Å². The van der Waals surface area contributed by atoms with Crippen LogP contribution in [0.25, 0.3) is 0 Å². The first-order valence-electron chi connectivity index (χ1n) is 7.80. The average molecular weight is 362 g/mol. The van der Waals surface area contributed by atoms with Crippen LogP contribution in [0.5, 0.6) is 0 Å². The molecule has 5 nitrogen and oxygen atoms in total. The van der Waals surface area contributed by atoms with Gasteiger partial charge in [0.15, 0.2) is 0 Å². The van der Waals surface area contributed by atoms with Crippen LogP contribution in [0.2, 0.25) is 0 Å². The van der Waals surface area contributed by atoms with Gasteiger partial charge in [-0.15, -0.1) is 0 Å². The Morgan fingerprint density at radius 3 is 2.36 bits per heavy atom. The zero-order valence-corrected chi connectivity index (χ0v) is 15.2. The van der Waals surface area contributed by atoms with Gasteiger partial charge >= 0.3 is 11.9 Å². The van der Waals surface area contributed by atoms with Crippen LogP contribution < -0.4 is 0 Å². The van der Waals surface area contributed by atoms with E-state index < -0.39 is 11.9 Å². The molecule has 1 aromatic carbocycles. The summed E-state index contributed by atoms with van der Waals surface area (Å²) in [5, 5.41) is 2.02. The van der Waals surface area contributed by atoms with Gasteiger partial charge in [0, 0.05) is 17.0 Å². The van der Waals surface area contributed by atoms with Crippen molar-refractivity contribution in [3.63, 3.8) is 0 Å². The summed E-state index contributed by atoms with van der Waals surface area (Å²) in [4.78, 5) is 23.5. The van der Waals surface area contributed by atoms with Gasteiger partial charge < -0.3 is 14.2 Å². The van der Waals surface area contributed by atoms with Gasteiger partial charge in [-0.3, -0.25) is 0 Å². The highest BCUT2D eigenvalue weighted by Crippen LogP contribution is 2.20. The number of allylic oxidation sites excluding steroid dienone is 2. The zero-order chi connectivity index (χ0) is 18.3. The van der Waals surface area contributed by atoms with Crippen LogP contribution in [0.3, 0.4) is 0 Å². The molecule has 0 saturated carbocycles. The molecule has 0 radical (unpaired) electrons. The normalized spacial score (nSPS) is 11.7. The van der Waals surface area contributed by atoms with Crippen LogP contribution in [0.1, 0.15) is 13.8 Å². The molecule has 0 saturated heterocycles. The number of hydrogen-bond donors (Lipinski definition) is 0. The summed E-state index contributed by atoms with van der Waals surface area (Å²) in [7, 11) is 0. The Morgan fingerprint density at radius 2 is 1.68 bits per heavy atom. The number of esters is 2. The fourth-order valence-corrected chi connectivity index (χ4v) is 2.20. The van der Waals surface area contributed by atoms with E-state index in [4.69, 9.17) is 9.47 Å². The molecule has 0 unspecified atom stereocenters. The molecule has 25 heavy (non-hydrogen) atoms. The first kappa shape index (κ1) is 20.6. The van der Waals surface area contributed by atoms with E-state index in [0.717, 1.165) is 17.7 Å². The Bertz CT molecular complexity index is 620. The minimum absolute atomic E-state index is 0.0951. The molecular formula is C19H22O5S. The zero-order valence-electron chi connectivity index (χ0n) is 14.3. The van der Waals surface area contributed by atoms with E-state index in [9.17, 15) is 9.59 Å². The summed E-state index contributed by atoms with van der Waals surface area (Å²) in [6.45, 7) is 4.24. The molecule has 0 aromatic heterocycles. The van der Waals surface area contributed by atoms with Crippen molar-refractivity contribution in [1.29, 1.82) is 0 Å². The maximum absolute atomic E-state index is 11.3. The summed E-state index contributed by atoms with van der Waals surface area (Å²) >= 11 is 1.63. The highest BCUT2D eigenvalue weighted by Gasteiger charge is 1.99. The minimum atomic E-state index is -0.615. The summed E-state index contributed by atoms with van der Waals surface area (Å²) in [6, 6.07) is 10.0. The van der Waals surface area contributed by atoms with Crippen molar-refractivity contribution in [3.8, 4) is 0 Å². The molecule has 0 amide bonds. The molecule has 0 fully saturated rings. The molecule has 1 rings (SSSR count). The standard InChI is InChI=1S/C19H22O5S/c1-3-23-18(20)9-10-19(21)24-14-13-22-12-11-16(2)15-25-17-7-5-4-6-8-17/h4-12,15H,3,13-14H2,1-2H3/b10-9+,12-11+,16-15+. The molecule has 0 spiro atoms. The van der Waals surface area contributed by atoms with Gasteiger partial charge in [-0.2, -0.15) is 0 Å². The van der Waals surface area contributed by atoms with Crippen molar-refractivity contribution in [2.24, 2.45) is 0 Å². The Labute approximate surface area is 152 Å². The molecule has 0 aliphatic carbocycles. The lowest BCUT2D eigenvalue weighted by molar-refractivity contribution is -0.140. The topological polar surface area (TPSA) is 61.8 Å². The molecular weight excluding hydrogens is 340 g/mol. The lowest BCUT2D eigenvalue weighted by Crippen LogP contribution is -2.08. The predicted molar refractivity (Wildman–Crippen MR) is 97.9 cm³/mol. The van der Waals surface area contributed by atoms with Crippen molar-refractivity contribution in [2.75, 3.05) is 19.8 Å². The predicted octanol–water partition coefficient (Wildman–Crippen LogP) is 3.88. The highest BCUT2D eigenvalue weighted by atomic mass is 32.2. The van der Waals surface area contributed by atoms with Gasteiger partial charge in [0.1, 0.15) is 13.2 Å². The number of thioether (sulfide) groups is 1. The third-order valence-corrected chi connectivity index (χ3v) is 3.67. The highest BCUT2D eigenvalue weighted by molar-refractivity contribution is 8.02. The second-order valence-corrected chi connectivity index (χ2v) is 5.66. The summed E-state index contributed by atoms with van der Waals surface area (Å²) in [6.07, 6.45) is 5.45. The molecule has 1 aromatic rings. The van der Waals surface area contributed by atoms with Crippen molar-refractivity contribution < 1.29 is 23.8 Å². The van der Waals surface area contributed by atoms with Gasteiger partial charge in [-0.05, 0) is 43.0 Å². The molecule has 6 heteroatoms. The Balaban J connectivity index is 2.16. The van der Waals surface area contributed by atoms with Crippen LogP contribution in [-0.2, 0) is 23.8 Å². The quantitative estimate of drug-likeness (QED) is 0.157. The average Bonchev–Trinajstić information content (AvgIpc) is 2.62. The van der Waals surface area contributed by atoms with Gasteiger partial charge in [0.05, 0.1) is 12.9 Å². The summed E-state index contributed by atoms with van der Waals surface area (Å²) in [5.41, 5.74) is 1.04. The van der Waals surface area contributed by atoms with Gasteiger partial charge in [0.25, 0.3) is 0 Å². The second-order valence-electron chi connectivity index (χ2n) is 4.72. The van der Waals surface area contributed by atoms with E-state index >= 15 is 0 Å². The number of carbonyl (C=O) groups is 2. The van der Waals surface area contributed by atoms with E-state index in [0.29, 0.717) is 0 Å². The van der Waals surface area contributed by atoms with Gasteiger partial charge in [-0.1, -0.05) is 30.0 Å². The number of carbonyl (C=O) groups excluding carboxylic acids is 2. The fraction of sp³-hybridized carbons (Fsp3) is 0.263. The van der Waals surface area contributed by atoms with Crippen LogP contribution in [0.4, 0.5) is 0 Å². The monoisotopic (exact) mass is 362 g/mol. The van der Waals surface area contributed by atoms with E-state index in [-0.39, 0.29) is 19.8 Å². The van der Waals surface area contributed by atoms with Crippen LogP contribution >= 0.6 is 11.8 Å². The largest absolute Gasteiger partial charge is 0.498 e. The molecule has 0 bridgehead atoms. The first-order valence-corrected chi connectivity index (χ1v) is 8.68. The molecule has 0 aliphatic rings.